The molecule has 0 saturated heterocycles. The molecule has 0 atom stereocenters. The van der Waals surface area contributed by atoms with Crippen LogP contribution in [0.5, 0.6) is 0 Å². The van der Waals surface area contributed by atoms with E-state index in [2.05, 4.69) is 25.0 Å². The van der Waals surface area contributed by atoms with E-state index in [1.807, 2.05) is 38.9 Å². The lowest BCUT2D eigenvalue weighted by atomic mass is 10.4. The fourth-order valence-corrected chi connectivity index (χ4v) is 3.26. The normalized spacial score (nSPS) is 11.6. The summed E-state index contributed by atoms with van der Waals surface area (Å²) in [7, 11) is 0.173. The molecule has 0 aromatic carbocycles. The monoisotopic (exact) mass is 367 g/mol. The largest absolute Gasteiger partial charge is 0.363 e. The maximum Gasteiger partial charge on any atom is 0.259 e. The molecule has 2 aromatic heterocycles. The Labute approximate surface area is 148 Å². The van der Waals surface area contributed by atoms with Crippen molar-refractivity contribution in [1.82, 2.24) is 24.2 Å². The van der Waals surface area contributed by atoms with E-state index in [-0.39, 0.29) is 11.6 Å². The number of anilines is 2. The summed E-state index contributed by atoms with van der Waals surface area (Å²) < 4.78 is 28.9. The molecule has 0 bridgehead atoms. The van der Waals surface area contributed by atoms with E-state index in [9.17, 15) is 8.42 Å². The van der Waals surface area contributed by atoms with Gasteiger partial charge in [0.1, 0.15) is 11.6 Å². The van der Waals surface area contributed by atoms with Crippen molar-refractivity contribution < 1.29 is 8.42 Å². The van der Waals surface area contributed by atoms with Gasteiger partial charge in [-0.25, -0.2) is 23.1 Å². The SMILES string of the molecule is CCn1cc(S(=O)(=O)NCCNc2nc(C)cc(N(C)C)n2)nc1C. The second-order valence-corrected chi connectivity index (χ2v) is 7.54. The molecule has 10 heteroatoms. The van der Waals surface area contributed by atoms with E-state index < -0.39 is 10.0 Å². The van der Waals surface area contributed by atoms with Gasteiger partial charge in [-0.15, -0.1) is 0 Å². The van der Waals surface area contributed by atoms with Crippen LogP contribution in [0, 0.1) is 13.8 Å². The summed E-state index contributed by atoms with van der Waals surface area (Å²) in [6.45, 7) is 6.84. The average molecular weight is 367 g/mol. The van der Waals surface area contributed by atoms with Crippen molar-refractivity contribution in [2.24, 2.45) is 0 Å². The zero-order valence-corrected chi connectivity index (χ0v) is 16.1. The Morgan fingerprint density at radius 1 is 1.16 bits per heavy atom. The lowest BCUT2D eigenvalue weighted by Gasteiger charge is -2.13. The molecule has 25 heavy (non-hydrogen) atoms. The van der Waals surface area contributed by atoms with Crippen LogP contribution in [0.25, 0.3) is 0 Å². The molecular weight excluding hydrogens is 342 g/mol. The molecule has 0 amide bonds. The minimum atomic E-state index is -3.63. The summed E-state index contributed by atoms with van der Waals surface area (Å²) in [5.41, 5.74) is 0.836. The van der Waals surface area contributed by atoms with E-state index >= 15 is 0 Å². The maximum absolute atomic E-state index is 12.3. The summed E-state index contributed by atoms with van der Waals surface area (Å²) in [5, 5.41) is 3.07. The van der Waals surface area contributed by atoms with E-state index in [0.717, 1.165) is 11.5 Å². The van der Waals surface area contributed by atoms with Crippen molar-refractivity contribution in [3.05, 3.63) is 23.8 Å². The summed E-state index contributed by atoms with van der Waals surface area (Å²) in [6.07, 6.45) is 1.54. The number of sulfonamides is 1. The lowest BCUT2D eigenvalue weighted by molar-refractivity contribution is 0.579. The molecule has 0 aliphatic carbocycles. The third kappa shape index (κ3) is 4.89. The summed E-state index contributed by atoms with van der Waals surface area (Å²) in [4.78, 5) is 14.6. The molecule has 2 heterocycles. The molecule has 2 N–H and O–H groups in total. The molecule has 2 aromatic rings. The van der Waals surface area contributed by atoms with Crippen LogP contribution in [-0.2, 0) is 16.6 Å². The van der Waals surface area contributed by atoms with Gasteiger partial charge in [0, 0.05) is 51.7 Å². The number of aryl methyl sites for hydroxylation is 3. The highest BCUT2D eigenvalue weighted by Gasteiger charge is 2.18. The van der Waals surface area contributed by atoms with Gasteiger partial charge in [-0.3, -0.25) is 0 Å². The highest BCUT2D eigenvalue weighted by atomic mass is 32.2. The van der Waals surface area contributed by atoms with Gasteiger partial charge >= 0.3 is 0 Å². The van der Waals surface area contributed by atoms with Crippen LogP contribution in [0.1, 0.15) is 18.4 Å². The molecular formula is C15H25N7O2S. The van der Waals surface area contributed by atoms with Crippen molar-refractivity contribution in [2.75, 3.05) is 37.4 Å². The van der Waals surface area contributed by atoms with Crippen molar-refractivity contribution in [3.63, 3.8) is 0 Å². The zero-order chi connectivity index (χ0) is 18.6. The van der Waals surface area contributed by atoms with Gasteiger partial charge in [-0.05, 0) is 20.8 Å². The summed E-state index contributed by atoms with van der Waals surface area (Å²) in [6, 6.07) is 1.88. The topological polar surface area (TPSA) is 105 Å². The van der Waals surface area contributed by atoms with E-state index in [1.54, 1.807) is 11.5 Å². The molecule has 2 rings (SSSR count). The van der Waals surface area contributed by atoms with E-state index in [0.29, 0.717) is 24.9 Å². The molecule has 138 valence electrons. The Morgan fingerprint density at radius 3 is 2.48 bits per heavy atom. The third-order valence-electron chi connectivity index (χ3n) is 3.57. The first kappa shape index (κ1) is 19.1. The quantitative estimate of drug-likeness (QED) is 0.664. The maximum atomic E-state index is 12.3. The van der Waals surface area contributed by atoms with Gasteiger partial charge < -0.3 is 14.8 Å². The number of hydrogen-bond donors (Lipinski definition) is 2. The average Bonchev–Trinajstić information content (AvgIpc) is 2.93. The van der Waals surface area contributed by atoms with Crippen molar-refractivity contribution in [2.45, 2.75) is 32.3 Å². The fraction of sp³-hybridized carbons (Fsp3) is 0.533. The second kappa shape index (κ2) is 7.79. The molecule has 0 fully saturated rings. The van der Waals surface area contributed by atoms with Crippen LogP contribution in [0.15, 0.2) is 17.3 Å². The second-order valence-electron chi connectivity index (χ2n) is 5.82. The Balaban J connectivity index is 1.94. The predicted octanol–water partition coefficient (Wildman–Crippen LogP) is 0.766. The number of hydrogen-bond acceptors (Lipinski definition) is 7. The Bertz CT molecular complexity index is 830. The highest BCUT2D eigenvalue weighted by molar-refractivity contribution is 7.89. The number of nitrogens with zero attached hydrogens (tertiary/aromatic N) is 5. The fourth-order valence-electron chi connectivity index (χ4n) is 2.22. The molecule has 0 aliphatic heterocycles. The zero-order valence-electron chi connectivity index (χ0n) is 15.2. The summed E-state index contributed by atoms with van der Waals surface area (Å²) >= 11 is 0. The van der Waals surface area contributed by atoms with Crippen molar-refractivity contribution in [3.8, 4) is 0 Å². The molecule has 0 spiro atoms. The molecule has 9 nitrogen and oxygen atoms in total. The van der Waals surface area contributed by atoms with Gasteiger partial charge in [0.25, 0.3) is 10.0 Å². The van der Waals surface area contributed by atoms with Crippen LogP contribution in [0.4, 0.5) is 11.8 Å². The smallest absolute Gasteiger partial charge is 0.259 e. The summed E-state index contributed by atoms with van der Waals surface area (Å²) in [5.74, 6) is 1.93. The Kier molecular flexibility index (Phi) is 5.96. The lowest BCUT2D eigenvalue weighted by Crippen LogP contribution is -2.29. The predicted molar refractivity (Wildman–Crippen MR) is 97.4 cm³/mol. The Hall–Kier alpha value is -2.20. The van der Waals surface area contributed by atoms with Crippen molar-refractivity contribution in [1.29, 1.82) is 0 Å². The minimum Gasteiger partial charge on any atom is -0.363 e. The molecule has 0 unspecified atom stereocenters. The highest BCUT2D eigenvalue weighted by Crippen LogP contribution is 2.12. The first-order valence-corrected chi connectivity index (χ1v) is 9.51. The van der Waals surface area contributed by atoms with Gasteiger partial charge in [0.15, 0.2) is 5.03 Å². The number of aromatic nitrogens is 4. The molecule has 0 radical (unpaired) electrons. The van der Waals surface area contributed by atoms with Gasteiger partial charge in [-0.1, -0.05) is 0 Å². The van der Waals surface area contributed by atoms with Crippen LogP contribution < -0.4 is 14.9 Å². The van der Waals surface area contributed by atoms with Crippen molar-refractivity contribution >= 4 is 21.8 Å². The van der Waals surface area contributed by atoms with Crippen LogP contribution in [0.3, 0.4) is 0 Å². The van der Waals surface area contributed by atoms with Crippen LogP contribution in [-0.4, -0.2) is 55.1 Å². The third-order valence-corrected chi connectivity index (χ3v) is 4.90. The number of imidazole rings is 1. The first-order valence-electron chi connectivity index (χ1n) is 8.03. The van der Waals surface area contributed by atoms with E-state index in [4.69, 9.17) is 0 Å². The number of rotatable bonds is 8. The van der Waals surface area contributed by atoms with E-state index in [1.165, 1.54) is 6.20 Å². The van der Waals surface area contributed by atoms with Gasteiger partial charge in [0.05, 0.1) is 0 Å². The van der Waals surface area contributed by atoms with Crippen LogP contribution >= 0.6 is 0 Å². The Morgan fingerprint density at radius 2 is 1.88 bits per heavy atom. The standard InChI is InChI=1S/C15H25N7O2S/c1-6-22-10-14(19-12(22)3)25(23,24)17-8-7-16-15-18-11(2)9-13(20-15)21(4)5/h9-10,17H,6-8H2,1-5H3,(H,16,18,20). The first-order chi connectivity index (χ1) is 11.7. The molecule has 0 aliphatic rings. The van der Waals surface area contributed by atoms with Gasteiger partial charge in [0.2, 0.25) is 5.95 Å². The van der Waals surface area contributed by atoms with Crippen LogP contribution in [0.2, 0.25) is 0 Å². The molecule has 0 saturated carbocycles. The number of nitrogens with one attached hydrogen (secondary N) is 2. The minimum absolute atomic E-state index is 0.0357. The van der Waals surface area contributed by atoms with Gasteiger partial charge in [-0.2, -0.15) is 4.98 Å².